The van der Waals surface area contributed by atoms with Gasteiger partial charge < -0.3 is 14.8 Å². The maximum atomic E-state index is 11.4. The summed E-state index contributed by atoms with van der Waals surface area (Å²) in [6.45, 7) is 12.4. The summed E-state index contributed by atoms with van der Waals surface area (Å²) >= 11 is 0. The summed E-state index contributed by atoms with van der Waals surface area (Å²) in [6, 6.07) is 0. The lowest BCUT2D eigenvalue weighted by atomic mass is 9.89. The number of rotatable bonds is 4. The Morgan fingerprint density at radius 1 is 1.47 bits per heavy atom. The molecule has 1 heterocycles. The van der Waals surface area contributed by atoms with Crippen LogP contribution < -0.4 is 5.32 Å². The molecule has 0 aromatic heterocycles. The van der Waals surface area contributed by atoms with Crippen LogP contribution in [0.5, 0.6) is 0 Å². The topological polar surface area (TPSA) is 58.6 Å². The fourth-order valence-corrected chi connectivity index (χ4v) is 2.72. The van der Waals surface area contributed by atoms with E-state index in [0.29, 0.717) is 19.6 Å². The van der Waals surface area contributed by atoms with Crippen LogP contribution in [0.3, 0.4) is 0 Å². The van der Waals surface area contributed by atoms with Crippen molar-refractivity contribution in [1.29, 1.82) is 0 Å². The number of carboxylic acid groups (broad SMARTS) is 1. The molecule has 1 aliphatic rings. The van der Waals surface area contributed by atoms with E-state index in [4.69, 9.17) is 4.43 Å². The number of hydrogen-bond acceptors (Lipinski definition) is 3. The molecule has 0 bridgehead atoms. The molecule has 5 heteroatoms. The molecule has 100 valence electrons. The van der Waals surface area contributed by atoms with Gasteiger partial charge in [-0.3, -0.25) is 4.79 Å². The van der Waals surface area contributed by atoms with Gasteiger partial charge in [-0.1, -0.05) is 20.8 Å². The smallest absolute Gasteiger partial charge is 0.313 e. The zero-order valence-corrected chi connectivity index (χ0v) is 12.6. The summed E-state index contributed by atoms with van der Waals surface area (Å²) < 4.78 is 6.06. The van der Waals surface area contributed by atoms with Crippen molar-refractivity contribution in [1.82, 2.24) is 5.32 Å². The second-order valence-electron chi connectivity index (χ2n) is 6.56. The lowest BCUT2D eigenvalue weighted by molar-refractivity contribution is -0.149. The van der Waals surface area contributed by atoms with Crippen molar-refractivity contribution in [3.63, 3.8) is 0 Å². The minimum Gasteiger partial charge on any atom is -0.481 e. The van der Waals surface area contributed by atoms with E-state index in [1.807, 2.05) is 0 Å². The molecule has 1 rings (SSSR count). The van der Waals surface area contributed by atoms with Crippen molar-refractivity contribution >= 4 is 14.3 Å². The Morgan fingerprint density at radius 2 is 2.06 bits per heavy atom. The summed E-state index contributed by atoms with van der Waals surface area (Å²) in [4.78, 5) is 11.4. The molecule has 0 aromatic rings. The zero-order chi connectivity index (χ0) is 13.3. The largest absolute Gasteiger partial charge is 0.481 e. The van der Waals surface area contributed by atoms with E-state index < -0.39 is 19.7 Å². The molecule has 17 heavy (non-hydrogen) atoms. The van der Waals surface area contributed by atoms with Crippen molar-refractivity contribution in [2.45, 2.75) is 45.3 Å². The quantitative estimate of drug-likeness (QED) is 0.759. The van der Waals surface area contributed by atoms with Gasteiger partial charge >= 0.3 is 5.97 Å². The Hall–Kier alpha value is -0.393. The van der Waals surface area contributed by atoms with Crippen LogP contribution in [0.1, 0.15) is 27.2 Å². The first-order valence-corrected chi connectivity index (χ1v) is 9.10. The SMILES string of the molecule is CC(C)(C)[Si](C)(C)OCC1(C(=O)O)CCNC1. The van der Waals surface area contributed by atoms with Gasteiger partial charge in [0.15, 0.2) is 8.32 Å². The predicted molar refractivity (Wildman–Crippen MR) is 70.7 cm³/mol. The van der Waals surface area contributed by atoms with E-state index >= 15 is 0 Å². The molecule has 2 N–H and O–H groups in total. The Morgan fingerprint density at radius 3 is 2.41 bits per heavy atom. The summed E-state index contributed by atoms with van der Waals surface area (Å²) in [6.07, 6.45) is 0.664. The second kappa shape index (κ2) is 4.70. The molecule has 1 saturated heterocycles. The minimum absolute atomic E-state index is 0.124. The molecular formula is C12H25NO3Si. The zero-order valence-electron chi connectivity index (χ0n) is 11.6. The van der Waals surface area contributed by atoms with E-state index in [1.54, 1.807) is 0 Å². The molecule has 0 aliphatic carbocycles. The Bertz CT molecular complexity index is 291. The highest BCUT2D eigenvalue weighted by Crippen LogP contribution is 2.38. The molecule has 1 unspecified atom stereocenters. The molecule has 1 atom stereocenters. The Balaban J connectivity index is 2.69. The van der Waals surface area contributed by atoms with Crippen LogP contribution in [-0.2, 0) is 9.22 Å². The van der Waals surface area contributed by atoms with E-state index in [2.05, 4.69) is 39.2 Å². The molecule has 0 radical (unpaired) electrons. The molecular weight excluding hydrogens is 234 g/mol. The van der Waals surface area contributed by atoms with Crippen molar-refractivity contribution in [2.24, 2.45) is 5.41 Å². The van der Waals surface area contributed by atoms with Gasteiger partial charge in [-0.15, -0.1) is 0 Å². The summed E-state index contributed by atoms with van der Waals surface area (Å²) in [5.41, 5.74) is -0.713. The van der Waals surface area contributed by atoms with Gasteiger partial charge in [-0.05, 0) is 31.1 Å². The summed E-state index contributed by atoms with van der Waals surface area (Å²) in [5.74, 6) is -0.735. The maximum Gasteiger partial charge on any atom is 0.313 e. The number of carbonyl (C=O) groups is 1. The third kappa shape index (κ3) is 3.08. The van der Waals surface area contributed by atoms with Crippen molar-refractivity contribution in [3.8, 4) is 0 Å². The highest BCUT2D eigenvalue weighted by Gasteiger charge is 2.45. The van der Waals surface area contributed by atoms with Crippen LogP contribution in [-0.4, -0.2) is 39.1 Å². The molecule has 1 aliphatic heterocycles. The first-order valence-electron chi connectivity index (χ1n) is 6.19. The molecule has 0 spiro atoms. The average Bonchev–Trinajstić information content (AvgIpc) is 2.62. The first kappa shape index (κ1) is 14.7. The lowest BCUT2D eigenvalue weighted by Crippen LogP contribution is -2.47. The Labute approximate surface area is 105 Å². The number of nitrogens with one attached hydrogen (secondary N) is 1. The fourth-order valence-electron chi connectivity index (χ4n) is 1.65. The van der Waals surface area contributed by atoms with Gasteiger partial charge in [0.2, 0.25) is 0 Å². The Kier molecular flexibility index (Phi) is 4.06. The van der Waals surface area contributed by atoms with Crippen molar-refractivity contribution in [2.75, 3.05) is 19.7 Å². The van der Waals surface area contributed by atoms with Gasteiger partial charge in [0, 0.05) is 6.54 Å². The van der Waals surface area contributed by atoms with Crippen LogP contribution in [0.15, 0.2) is 0 Å². The van der Waals surface area contributed by atoms with Gasteiger partial charge in [-0.25, -0.2) is 0 Å². The minimum atomic E-state index is -1.86. The van der Waals surface area contributed by atoms with Gasteiger partial charge in [0.1, 0.15) is 5.41 Å². The predicted octanol–water partition coefficient (Wildman–Crippen LogP) is 2.07. The van der Waals surface area contributed by atoms with Gasteiger partial charge in [0.05, 0.1) is 6.61 Å². The standard InChI is InChI=1S/C12H25NO3Si/c1-11(2,3)17(4,5)16-9-12(10(14)15)6-7-13-8-12/h13H,6-9H2,1-5H3,(H,14,15). The number of aliphatic carboxylic acids is 1. The third-order valence-corrected chi connectivity index (χ3v) is 8.69. The normalized spacial score (nSPS) is 26.2. The van der Waals surface area contributed by atoms with E-state index in [0.717, 1.165) is 6.54 Å². The van der Waals surface area contributed by atoms with Crippen LogP contribution in [0.4, 0.5) is 0 Å². The van der Waals surface area contributed by atoms with Crippen LogP contribution in [0.2, 0.25) is 18.1 Å². The highest BCUT2D eigenvalue weighted by atomic mass is 28.4. The van der Waals surface area contributed by atoms with E-state index in [-0.39, 0.29) is 5.04 Å². The van der Waals surface area contributed by atoms with Crippen LogP contribution >= 0.6 is 0 Å². The highest BCUT2D eigenvalue weighted by molar-refractivity contribution is 6.74. The maximum absolute atomic E-state index is 11.4. The van der Waals surface area contributed by atoms with Crippen LogP contribution in [0.25, 0.3) is 0 Å². The number of carboxylic acids is 1. The average molecular weight is 259 g/mol. The fraction of sp³-hybridized carbons (Fsp3) is 0.917. The second-order valence-corrected chi connectivity index (χ2v) is 11.4. The molecule has 0 amide bonds. The number of hydrogen-bond donors (Lipinski definition) is 2. The monoisotopic (exact) mass is 259 g/mol. The van der Waals surface area contributed by atoms with E-state index in [9.17, 15) is 9.90 Å². The van der Waals surface area contributed by atoms with Crippen molar-refractivity contribution < 1.29 is 14.3 Å². The van der Waals surface area contributed by atoms with Crippen molar-refractivity contribution in [3.05, 3.63) is 0 Å². The van der Waals surface area contributed by atoms with Crippen LogP contribution in [0, 0.1) is 5.41 Å². The summed E-state index contributed by atoms with van der Waals surface area (Å²) in [7, 11) is -1.86. The molecule has 0 saturated carbocycles. The molecule has 1 fully saturated rings. The lowest BCUT2D eigenvalue weighted by Gasteiger charge is -2.38. The van der Waals surface area contributed by atoms with E-state index in [1.165, 1.54) is 0 Å². The summed E-state index contributed by atoms with van der Waals surface area (Å²) in [5, 5.41) is 12.6. The van der Waals surface area contributed by atoms with Gasteiger partial charge in [-0.2, -0.15) is 0 Å². The van der Waals surface area contributed by atoms with Gasteiger partial charge in [0.25, 0.3) is 0 Å². The first-order chi connectivity index (χ1) is 7.61. The molecule has 0 aromatic carbocycles. The third-order valence-electron chi connectivity index (χ3n) is 4.21. The molecule has 4 nitrogen and oxygen atoms in total.